The predicted octanol–water partition coefficient (Wildman–Crippen LogP) is 3.78. The summed E-state index contributed by atoms with van der Waals surface area (Å²) >= 11 is 1.40. The van der Waals surface area contributed by atoms with Crippen molar-refractivity contribution in [2.24, 2.45) is 5.92 Å². The number of carbonyl (C=O) groups excluding carboxylic acids is 1. The summed E-state index contributed by atoms with van der Waals surface area (Å²) in [5, 5.41) is 4.92. The van der Waals surface area contributed by atoms with Gasteiger partial charge < -0.3 is 14.6 Å². The zero-order valence-electron chi connectivity index (χ0n) is 16.8. The van der Waals surface area contributed by atoms with Crippen LogP contribution in [0.15, 0.2) is 63.3 Å². The Bertz CT molecular complexity index is 1250. The second-order valence-corrected chi connectivity index (χ2v) is 8.54. The van der Waals surface area contributed by atoms with E-state index in [9.17, 15) is 9.59 Å². The summed E-state index contributed by atoms with van der Waals surface area (Å²) < 4.78 is 5.90. The van der Waals surface area contributed by atoms with Gasteiger partial charge >= 0.3 is 0 Å². The number of rotatable bonds is 5. The second-order valence-electron chi connectivity index (χ2n) is 7.67. The number of amides is 1. The van der Waals surface area contributed by atoms with Gasteiger partial charge in [-0.25, -0.2) is 4.98 Å². The Kier molecular flexibility index (Phi) is 5.30. The molecule has 1 aliphatic rings. The molecule has 7 nitrogen and oxygen atoms in total. The monoisotopic (exact) mass is 434 g/mol. The number of aromatic amines is 1. The van der Waals surface area contributed by atoms with Gasteiger partial charge in [0.25, 0.3) is 5.56 Å². The highest BCUT2D eigenvalue weighted by molar-refractivity contribution is 7.17. The van der Waals surface area contributed by atoms with E-state index in [4.69, 9.17) is 9.40 Å². The number of furan rings is 1. The molecule has 0 spiro atoms. The first-order chi connectivity index (χ1) is 15.2. The first-order valence-electron chi connectivity index (χ1n) is 10.3. The Morgan fingerprint density at radius 1 is 1.26 bits per heavy atom. The van der Waals surface area contributed by atoms with Crippen LogP contribution >= 0.6 is 11.3 Å². The van der Waals surface area contributed by atoms with Gasteiger partial charge in [0.05, 0.1) is 24.2 Å². The van der Waals surface area contributed by atoms with Gasteiger partial charge in [0.1, 0.15) is 10.5 Å². The van der Waals surface area contributed by atoms with E-state index >= 15 is 0 Å². The molecule has 1 aliphatic heterocycles. The summed E-state index contributed by atoms with van der Waals surface area (Å²) in [6.45, 7) is 1.64. The number of H-pyrrole nitrogens is 1. The minimum Gasteiger partial charge on any atom is -0.467 e. The first kappa shape index (κ1) is 19.6. The lowest BCUT2D eigenvalue weighted by Crippen LogP contribution is -2.43. The fourth-order valence-electron chi connectivity index (χ4n) is 4.00. The van der Waals surface area contributed by atoms with Crippen LogP contribution in [0.1, 0.15) is 18.6 Å². The minimum absolute atomic E-state index is 0.00923. The molecule has 8 heteroatoms. The lowest BCUT2D eigenvalue weighted by Gasteiger charge is -2.32. The Labute approximate surface area is 182 Å². The summed E-state index contributed by atoms with van der Waals surface area (Å²) in [6.07, 6.45) is 3.26. The van der Waals surface area contributed by atoms with Crippen LogP contribution in [0.5, 0.6) is 0 Å². The Morgan fingerprint density at radius 2 is 2.13 bits per heavy atom. The molecule has 1 amide bonds. The third-order valence-corrected chi connectivity index (χ3v) is 6.58. The number of anilines is 1. The van der Waals surface area contributed by atoms with Crippen molar-refractivity contribution >= 4 is 33.4 Å². The van der Waals surface area contributed by atoms with Gasteiger partial charge in [-0.15, -0.1) is 11.3 Å². The van der Waals surface area contributed by atoms with E-state index in [-0.39, 0.29) is 17.4 Å². The van der Waals surface area contributed by atoms with Crippen molar-refractivity contribution in [3.8, 4) is 11.1 Å². The number of nitrogens with zero attached hydrogens (tertiary/aromatic N) is 2. The van der Waals surface area contributed by atoms with Crippen molar-refractivity contribution in [2.45, 2.75) is 19.4 Å². The highest BCUT2D eigenvalue weighted by Gasteiger charge is 2.27. The van der Waals surface area contributed by atoms with Crippen LogP contribution in [-0.2, 0) is 11.3 Å². The van der Waals surface area contributed by atoms with Gasteiger partial charge in [-0.05, 0) is 30.5 Å². The van der Waals surface area contributed by atoms with E-state index in [0.29, 0.717) is 29.3 Å². The first-order valence-corrected chi connectivity index (χ1v) is 11.2. The quantitative estimate of drug-likeness (QED) is 0.499. The van der Waals surface area contributed by atoms with Crippen molar-refractivity contribution in [3.05, 3.63) is 70.2 Å². The highest BCUT2D eigenvalue weighted by Crippen LogP contribution is 2.32. The van der Waals surface area contributed by atoms with E-state index in [1.807, 2.05) is 46.7 Å². The number of fused-ring (bicyclic) bond motifs is 1. The summed E-state index contributed by atoms with van der Waals surface area (Å²) in [6, 6.07) is 13.6. The molecule has 4 heterocycles. The molecule has 1 fully saturated rings. The highest BCUT2D eigenvalue weighted by atomic mass is 32.1. The molecule has 0 unspecified atom stereocenters. The van der Waals surface area contributed by atoms with Crippen LogP contribution < -0.4 is 15.8 Å². The molecule has 31 heavy (non-hydrogen) atoms. The maximum absolute atomic E-state index is 12.7. The molecule has 0 radical (unpaired) electrons. The lowest BCUT2D eigenvalue weighted by molar-refractivity contribution is -0.125. The van der Waals surface area contributed by atoms with Crippen molar-refractivity contribution in [1.82, 2.24) is 15.3 Å². The summed E-state index contributed by atoms with van der Waals surface area (Å²) in [4.78, 5) is 35.2. The molecular formula is C23H22N4O3S. The zero-order valence-corrected chi connectivity index (χ0v) is 17.7. The van der Waals surface area contributed by atoms with E-state index in [1.54, 1.807) is 12.3 Å². The number of hydrogen-bond donors (Lipinski definition) is 2. The van der Waals surface area contributed by atoms with Crippen LogP contribution in [-0.4, -0.2) is 29.0 Å². The van der Waals surface area contributed by atoms with Gasteiger partial charge in [0.15, 0.2) is 0 Å². The SMILES string of the molecule is O=C(NCc1ccco1)[C@H]1CCCN(c2nc3c(-c4ccccc4)csc3c(=O)[nH]2)C1. The molecule has 1 aromatic carbocycles. The predicted molar refractivity (Wildman–Crippen MR) is 121 cm³/mol. The fourth-order valence-corrected chi connectivity index (χ4v) is 4.91. The van der Waals surface area contributed by atoms with Crippen LogP contribution in [0, 0.1) is 5.92 Å². The Balaban J connectivity index is 1.38. The minimum atomic E-state index is -0.166. The normalized spacial score (nSPS) is 16.5. The third-order valence-electron chi connectivity index (χ3n) is 5.61. The average Bonchev–Trinajstić information content (AvgIpc) is 3.48. The number of hydrogen-bond acceptors (Lipinski definition) is 6. The third kappa shape index (κ3) is 3.98. The molecule has 2 N–H and O–H groups in total. The molecule has 3 aromatic heterocycles. The van der Waals surface area contributed by atoms with Gasteiger partial charge in [0.2, 0.25) is 11.9 Å². The average molecular weight is 435 g/mol. The maximum Gasteiger partial charge on any atom is 0.270 e. The summed E-state index contributed by atoms with van der Waals surface area (Å²) in [5.41, 5.74) is 2.56. The molecule has 0 saturated carbocycles. The van der Waals surface area contributed by atoms with E-state index in [2.05, 4.69) is 10.3 Å². The van der Waals surface area contributed by atoms with Crippen LogP contribution in [0.4, 0.5) is 5.95 Å². The van der Waals surface area contributed by atoms with Gasteiger partial charge in [-0.1, -0.05) is 30.3 Å². The summed E-state index contributed by atoms with van der Waals surface area (Å²) in [7, 11) is 0. The Hall–Kier alpha value is -3.39. The summed E-state index contributed by atoms with van der Waals surface area (Å²) in [5.74, 6) is 1.07. The van der Waals surface area contributed by atoms with Crippen LogP contribution in [0.3, 0.4) is 0 Å². The van der Waals surface area contributed by atoms with Crippen LogP contribution in [0.2, 0.25) is 0 Å². The maximum atomic E-state index is 12.7. The zero-order chi connectivity index (χ0) is 21.2. The molecule has 158 valence electrons. The molecule has 1 atom stereocenters. The fraction of sp³-hybridized carbons (Fsp3) is 0.261. The van der Waals surface area contributed by atoms with Gasteiger partial charge in [-0.2, -0.15) is 0 Å². The number of aromatic nitrogens is 2. The molecule has 0 aliphatic carbocycles. The topological polar surface area (TPSA) is 91.2 Å². The molecule has 1 saturated heterocycles. The largest absolute Gasteiger partial charge is 0.467 e. The van der Waals surface area contributed by atoms with Crippen molar-refractivity contribution < 1.29 is 9.21 Å². The lowest BCUT2D eigenvalue weighted by atomic mass is 9.97. The molecule has 4 aromatic rings. The van der Waals surface area contributed by atoms with Crippen molar-refractivity contribution in [1.29, 1.82) is 0 Å². The van der Waals surface area contributed by atoms with Gasteiger partial charge in [0, 0.05) is 24.0 Å². The number of benzene rings is 1. The van der Waals surface area contributed by atoms with E-state index in [1.165, 1.54) is 11.3 Å². The molecule has 0 bridgehead atoms. The van der Waals surface area contributed by atoms with Gasteiger partial charge in [-0.3, -0.25) is 14.6 Å². The number of piperidine rings is 1. The molecular weight excluding hydrogens is 412 g/mol. The van der Waals surface area contributed by atoms with E-state index in [0.717, 1.165) is 36.3 Å². The number of nitrogens with one attached hydrogen (secondary N) is 2. The van der Waals surface area contributed by atoms with Crippen molar-refractivity contribution in [2.75, 3.05) is 18.0 Å². The smallest absolute Gasteiger partial charge is 0.270 e. The Morgan fingerprint density at radius 3 is 2.94 bits per heavy atom. The van der Waals surface area contributed by atoms with Crippen LogP contribution in [0.25, 0.3) is 21.3 Å². The molecule has 5 rings (SSSR count). The standard InChI is InChI=1S/C23H22N4O3S/c28-21(24-12-17-9-5-11-30-17)16-8-4-10-27(13-16)23-25-19-18(15-6-2-1-3-7-15)14-31-20(19)22(29)26-23/h1-3,5-7,9,11,14,16H,4,8,10,12-13H2,(H,24,28)(H,25,26,29)/t16-/m0/s1. The number of thiophene rings is 1. The second kappa shape index (κ2) is 8.39. The van der Waals surface area contributed by atoms with E-state index < -0.39 is 0 Å². The van der Waals surface area contributed by atoms with Crippen molar-refractivity contribution in [3.63, 3.8) is 0 Å². The number of carbonyl (C=O) groups is 1.